The number of anilines is 1. The lowest BCUT2D eigenvalue weighted by Crippen LogP contribution is -2.37. The topological polar surface area (TPSA) is 79.7 Å². The van der Waals surface area contributed by atoms with E-state index in [1.165, 1.54) is 0 Å². The summed E-state index contributed by atoms with van der Waals surface area (Å²) < 4.78 is 1.80. The summed E-state index contributed by atoms with van der Waals surface area (Å²) in [7, 11) is 0. The van der Waals surface area contributed by atoms with E-state index < -0.39 is 0 Å². The van der Waals surface area contributed by atoms with Gasteiger partial charge < -0.3 is 9.88 Å². The summed E-state index contributed by atoms with van der Waals surface area (Å²) in [5.74, 6) is 0.895. The number of aromatic amines is 1. The van der Waals surface area contributed by atoms with Crippen molar-refractivity contribution in [2.75, 3.05) is 18.0 Å². The standard InChI is InChI=1S/C19H18N6O/c26-19-23-16-6-3-9-20-18(16)25(19)13-7-10-24(11-8-13)17-12-21-14-4-1-2-5-15(14)22-17/h1-6,9,12-13H,7-8,10-11H2,(H,23,26). The third-order valence-corrected chi connectivity index (χ3v) is 5.06. The molecule has 130 valence electrons. The van der Waals surface area contributed by atoms with Gasteiger partial charge in [0.2, 0.25) is 0 Å². The molecule has 1 saturated heterocycles. The van der Waals surface area contributed by atoms with Crippen LogP contribution >= 0.6 is 0 Å². The second-order valence-electron chi connectivity index (χ2n) is 6.61. The molecule has 0 amide bonds. The van der Waals surface area contributed by atoms with Crippen molar-refractivity contribution < 1.29 is 0 Å². The number of pyridine rings is 1. The molecule has 7 heteroatoms. The molecule has 0 bridgehead atoms. The number of hydrogen-bond acceptors (Lipinski definition) is 5. The van der Waals surface area contributed by atoms with E-state index in [0.29, 0.717) is 0 Å². The minimum atomic E-state index is -0.0809. The highest BCUT2D eigenvalue weighted by Crippen LogP contribution is 2.27. The van der Waals surface area contributed by atoms with Gasteiger partial charge in [0, 0.05) is 25.3 Å². The molecule has 0 unspecified atom stereocenters. The summed E-state index contributed by atoms with van der Waals surface area (Å²) in [6.45, 7) is 1.67. The molecule has 0 saturated carbocycles. The second-order valence-corrected chi connectivity index (χ2v) is 6.61. The lowest BCUT2D eigenvalue weighted by atomic mass is 10.0. The molecule has 0 atom stereocenters. The zero-order valence-electron chi connectivity index (χ0n) is 14.2. The quantitative estimate of drug-likeness (QED) is 0.603. The second kappa shape index (κ2) is 5.94. The van der Waals surface area contributed by atoms with Gasteiger partial charge in [-0.3, -0.25) is 9.55 Å². The van der Waals surface area contributed by atoms with Crippen molar-refractivity contribution in [2.45, 2.75) is 18.9 Å². The van der Waals surface area contributed by atoms with Crippen LogP contribution in [0.25, 0.3) is 22.2 Å². The van der Waals surface area contributed by atoms with Crippen molar-refractivity contribution in [2.24, 2.45) is 0 Å². The number of nitrogens with one attached hydrogen (secondary N) is 1. The molecule has 4 heterocycles. The van der Waals surface area contributed by atoms with E-state index in [1.807, 2.05) is 42.6 Å². The van der Waals surface area contributed by atoms with Crippen LogP contribution in [0.1, 0.15) is 18.9 Å². The van der Waals surface area contributed by atoms with Gasteiger partial charge in [0.25, 0.3) is 0 Å². The average Bonchev–Trinajstić information content (AvgIpc) is 3.03. The molecule has 0 spiro atoms. The number of rotatable bonds is 2. The van der Waals surface area contributed by atoms with Gasteiger partial charge in [-0.25, -0.2) is 14.8 Å². The summed E-state index contributed by atoms with van der Waals surface area (Å²) in [5, 5.41) is 0. The molecule has 1 aliphatic heterocycles. The number of benzene rings is 1. The van der Waals surface area contributed by atoms with Gasteiger partial charge in [-0.15, -0.1) is 0 Å². The largest absolute Gasteiger partial charge is 0.355 e. The van der Waals surface area contributed by atoms with Crippen LogP contribution in [0.2, 0.25) is 0 Å². The summed E-state index contributed by atoms with van der Waals surface area (Å²) in [6.07, 6.45) is 5.31. The van der Waals surface area contributed by atoms with E-state index in [2.05, 4.69) is 19.9 Å². The van der Waals surface area contributed by atoms with Gasteiger partial charge in [-0.1, -0.05) is 12.1 Å². The van der Waals surface area contributed by atoms with Crippen LogP contribution in [-0.2, 0) is 0 Å². The predicted molar refractivity (Wildman–Crippen MR) is 100 cm³/mol. The van der Waals surface area contributed by atoms with E-state index in [9.17, 15) is 4.79 Å². The van der Waals surface area contributed by atoms with Crippen molar-refractivity contribution >= 4 is 28.0 Å². The minimum Gasteiger partial charge on any atom is -0.355 e. The molecule has 5 rings (SSSR count). The Morgan fingerprint density at radius 3 is 2.65 bits per heavy atom. The summed E-state index contributed by atoms with van der Waals surface area (Å²) in [5.41, 5.74) is 3.26. The van der Waals surface area contributed by atoms with Crippen LogP contribution in [0, 0.1) is 0 Å². The Kier molecular flexibility index (Phi) is 3.44. The number of nitrogens with zero attached hydrogens (tertiary/aromatic N) is 5. The maximum absolute atomic E-state index is 12.4. The molecule has 1 aromatic carbocycles. The predicted octanol–water partition coefficient (Wildman–Crippen LogP) is 2.51. The zero-order chi connectivity index (χ0) is 17.5. The lowest BCUT2D eigenvalue weighted by molar-refractivity contribution is 0.394. The van der Waals surface area contributed by atoms with Gasteiger partial charge in [0.15, 0.2) is 5.65 Å². The number of aromatic nitrogens is 5. The average molecular weight is 346 g/mol. The Bertz CT molecular complexity index is 1140. The van der Waals surface area contributed by atoms with E-state index in [1.54, 1.807) is 10.8 Å². The van der Waals surface area contributed by atoms with E-state index in [4.69, 9.17) is 4.98 Å². The Hall–Kier alpha value is -3.22. The third kappa shape index (κ3) is 2.44. The first-order valence-electron chi connectivity index (χ1n) is 8.81. The van der Waals surface area contributed by atoms with Crippen LogP contribution in [0.4, 0.5) is 5.82 Å². The van der Waals surface area contributed by atoms with Crippen molar-refractivity contribution in [1.82, 2.24) is 24.5 Å². The van der Waals surface area contributed by atoms with Crippen LogP contribution in [-0.4, -0.2) is 37.6 Å². The molecule has 1 aliphatic rings. The highest BCUT2D eigenvalue weighted by molar-refractivity contribution is 5.75. The van der Waals surface area contributed by atoms with Crippen LogP contribution in [0.5, 0.6) is 0 Å². The molecular weight excluding hydrogens is 328 g/mol. The number of para-hydroxylation sites is 2. The fourth-order valence-electron chi connectivity index (χ4n) is 3.75. The van der Waals surface area contributed by atoms with Gasteiger partial charge >= 0.3 is 5.69 Å². The number of piperidine rings is 1. The van der Waals surface area contributed by atoms with Gasteiger partial charge in [0.05, 0.1) is 22.7 Å². The van der Waals surface area contributed by atoms with Crippen molar-refractivity contribution in [3.8, 4) is 0 Å². The summed E-state index contributed by atoms with van der Waals surface area (Å²) in [4.78, 5) is 31.1. The molecule has 1 fully saturated rings. The normalized spacial score (nSPS) is 15.8. The minimum absolute atomic E-state index is 0.0809. The Labute approximate surface area is 149 Å². The van der Waals surface area contributed by atoms with Gasteiger partial charge in [0.1, 0.15) is 5.82 Å². The SMILES string of the molecule is O=c1[nH]c2cccnc2n1C1CCN(c2cnc3ccccc3n2)CC1. The van der Waals surface area contributed by atoms with Gasteiger partial charge in [-0.2, -0.15) is 0 Å². The van der Waals surface area contributed by atoms with E-state index in [-0.39, 0.29) is 11.7 Å². The third-order valence-electron chi connectivity index (χ3n) is 5.06. The highest BCUT2D eigenvalue weighted by Gasteiger charge is 2.25. The Morgan fingerprint density at radius 1 is 1.00 bits per heavy atom. The first kappa shape index (κ1) is 15.1. The van der Waals surface area contributed by atoms with Crippen molar-refractivity contribution in [1.29, 1.82) is 0 Å². The highest BCUT2D eigenvalue weighted by atomic mass is 16.1. The lowest BCUT2D eigenvalue weighted by Gasteiger charge is -2.33. The molecule has 3 aromatic heterocycles. The number of hydrogen-bond donors (Lipinski definition) is 1. The van der Waals surface area contributed by atoms with Crippen LogP contribution in [0.3, 0.4) is 0 Å². The summed E-state index contributed by atoms with van der Waals surface area (Å²) in [6, 6.07) is 11.8. The van der Waals surface area contributed by atoms with Gasteiger partial charge in [-0.05, 0) is 37.1 Å². The smallest absolute Gasteiger partial charge is 0.327 e. The maximum Gasteiger partial charge on any atom is 0.327 e. The molecule has 7 nitrogen and oxygen atoms in total. The fourth-order valence-corrected chi connectivity index (χ4v) is 3.75. The Morgan fingerprint density at radius 2 is 1.81 bits per heavy atom. The Balaban J connectivity index is 1.40. The molecule has 0 aliphatic carbocycles. The zero-order valence-corrected chi connectivity index (χ0v) is 14.2. The van der Waals surface area contributed by atoms with Crippen LogP contribution in [0.15, 0.2) is 53.6 Å². The van der Waals surface area contributed by atoms with Crippen molar-refractivity contribution in [3.05, 3.63) is 59.3 Å². The first-order valence-corrected chi connectivity index (χ1v) is 8.81. The molecule has 0 radical (unpaired) electrons. The van der Waals surface area contributed by atoms with Crippen LogP contribution < -0.4 is 10.6 Å². The number of H-pyrrole nitrogens is 1. The monoisotopic (exact) mass is 346 g/mol. The molecule has 4 aromatic rings. The molecular formula is C19H18N6O. The van der Waals surface area contributed by atoms with E-state index >= 15 is 0 Å². The first-order chi connectivity index (χ1) is 12.8. The fraction of sp³-hybridized carbons (Fsp3) is 0.263. The van der Waals surface area contributed by atoms with Crippen molar-refractivity contribution in [3.63, 3.8) is 0 Å². The number of imidazole rings is 1. The molecule has 1 N–H and O–H groups in total. The summed E-state index contributed by atoms with van der Waals surface area (Å²) >= 11 is 0. The molecule has 26 heavy (non-hydrogen) atoms. The van der Waals surface area contributed by atoms with E-state index in [0.717, 1.165) is 53.9 Å². The number of fused-ring (bicyclic) bond motifs is 2. The maximum atomic E-state index is 12.4.